The lowest BCUT2D eigenvalue weighted by Crippen LogP contribution is -2.51. The van der Waals surface area contributed by atoms with Crippen molar-refractivity contribution >= 4 is 15.9 Å². The zero-order valence-electron chi connectivity index (χ0n) is 15.5. The Morgan fingerprint density at radius 2 is 1.71 bits per heavy atom. The Kier molecular flexibility index (Phi) is 5.97. The summed E-state index contributed by atoms with van der Waals surface area (Å²) in [6.45, 7) is 2.74. The van der Waals surface area contributed by atoms with E-state index in [2.05, 4.69) is 0 Å². The van der Waals surface area contributed by atoms with Gasteiger partial charge in [0.25, 0.3) is 5.91 Å². The highest BCUT2D eigenvalue weighted by Gasteiger charge is 2.31. The molecular weight excluding hydrogens is 378 g/mol. The van der Waals surface area contributed by atoms with Crippen LogP contribution in [0.5, 0.6) is 5.75 Å². The molecule has 0 aliphatic carbocycles. The summed E-state index contributed by atoms with van der Waals surface area (Å²) in [6, 6.07) is 15.5. The number of amides is 1. The highest BCUT2D eigenvalue weighted by Crippen LogP contribution is 2.21. The second kappa shape index (κ2) is 8.42. The lowest BCUT2D eigenvalue weighted by Gasteiger charge is -2.34. The molecule has 3 rings (SSSR count). The van der Waals surface area contributed by atoms with E-state index in [-0.39, 0.29) is 49.2 Å². The van der Waals surface area contributed by atoms with Crippen molar-refractivity contribution in [3.05, 3.63) is 59.7 Å². The van der Waals surface area contributed by atoms with Gasteiger partial charge in [-0.15, -0.1) is 0 Å². The molecule has 1 amide bonds. The number of sulfonamides is 1. The maximum Gasteiger partial charge on any atom is 0.260 e. The summed E-state index contributed by atoms with van der Waals surface area (Å²) in [6.07, 6.45) is 0. The average Bonchev–Trinajstić information content (AvgIpc) is 2.73. The summed E-state index contributed by atoms with van der Waals surface area (Å²) in [5.74, 6) is 0.475. The maximum atomic E-state index is 12.8. The highest BCUT2D eigenvalue weighted by molar-refractivity contribution is 7.89. The van der Waals surface area contributed by atoms with Crippen LogP contribution in [0.4, 0.5) is 0 Å². The minimum Gasteiger partial charge on any atom is -0.484 e. The number of nitrogens with zero attached hydrogens (tertiary/aromatic N) is 3. The molecule has 0 saturated carbocycles. The minimum atomic E-state index is -3.77. The minimum absolute atomic E-state index is 0.000151. The first-order chi connectivity index (χ1) is 13.4. The van der Waals surface area contributed by atoms with Crippen molar-refractivity contribution in [2.75, 3.05) is 32.8 Å². The van der Waals surface area contributed by atoms with Gasteiger partial charge in [0, 0.05) is 26.2 Å². The van der Waals surface area contributed by atoms with Crippen LogP contribution in [0.2, 0.25) is 0 Å². The predicted molar refractivity (Wildman–Crippen MR) is 103 cm³/mol. The number of carbonyl (C=O) groups is 1. The molecule has 1 fully saturated rings. The van der Waals surface area contributed by atoms with Crippen molar-refractivity contribution in [3.8, 4) is 11.8 Å². The van der Waals surface area contributed by atoms with E-state index in [0.717, 1.165) is 5.56 Å². The van der Waals surface area contributed by atoms with Crippen molar-refractivity contribution in [1.82, 2.24) is 9.21 Å². The van der Waals surface area contributed by atoms with Gasteiger partial charge in [-0.05, 0) is 30.7 Å². The molecule has 8 heteroatoms. The third kappa shape index (κ3) is 4.16. The van der Waals surface area contributed by atoms with Gasteiger partial charge in [0.1, 0.15) is 11.8 Å². The molecule has 146 valence electrons. The largest absolute Gasteiger partial charge is 0.484 e. The Hall–Kier alpha value is -2.89. The summed E-state index contributed by atoms with van der Waals surface area (Å²) in [5, 5.41) is 9.17. The first-order valence-corrected chi connectivity index (χ1v) is 10.3. The summed E-state index contributed by atoms with van der Waals surface area (Å²) < 4.78 is 32.6. The molecule has 0 spiro atoms. The van der Waals surface area contributed by atoms with Crippen molar-refractivity contribution in [3.63, 3.8) is 0 Å². The molecule has 1 saturated heterocycles. The van der Waals surface area contributed by atoms with Crippen molar-refractivity contribution in [2.45, 2.75) is 11.8 Å². The molecule has 2 aromatic rings. The summed E-state index contributed by atoms with van der Waals surface area (Å²) in [4.78, 5) is 14.0. The van der Waals surface area contributed by atoms with E-state index in [4.69, 9.17) is 10.00 Å². The van der Waals surface area contributed by atoms with Crippen molar-refractivity contribution in [1.29, 1.82) is 5.26 Å². The fourth-order valence-corrected chi connectivity index (χ4v) is 4.61. The lowest BCUT2D eigenvalue weighted by molar-refractivity contribution is -0.134. The van der Waals surface area contributed by atoms with Gasteiger partial charge >= 0.3 is 0 Å². The maximum absolute atomic E-state index is 12.8. The zero-order chi connectivity index (χ0) is 20.1. The van der Waals surface area contributed by atoms with Crippen molar-refractivity contribution in [2.24, 2.45) is 0 Å². The number of ether oxygens (including phenoxy) is 1. The monoisotopic (exact) mass is 399 g/mol. The number of piperazine rings is 1. The third-order valence-electron chi connectivity index (χ3n) is 4.66. The van der Waals surface area contributed by atoms with E-state index in [1.807, 2.05) is 31.2 Å². The molecule has 28 heavy (non-hydrogen) atoms. The molecule has 0 bridgehead atoms. The van der Waals surface area contributed by atoms with E-state index in [1.54, 1.807) is 23.1 Å². The molecular formula is C20H21N3O4S. The standard InChI is InChI=1S/C20H21N3O4S/c1-16-6-2-4-8-18(16)27-15-20(24)22-10-12-23(13-11-22)28(25,26)19-9-5-3-7-17(19)14-21/h2-9H,10-13,15H2,1H3. The number of carbonyl (C=O) groups excluding carboxylic acids is 1. The van der Waals surface area contributed by atoms with Crippen LogP contribution >= 0.6 is 0 Å². The molecule has 1 aliphatic heterocycles. The fourth-order valence-electron chi connectivity index (χ4n) is 3.05. The van der Waals surface area contributed by atoms with E-state index in [9.17, 15) is 13.2 Å². The van der Waals surface area contributed by atoms with Gasteiger partial charge in [0.05, 0.1) is 10.5 Å². The van der Waals surface area contributed by atoms with E-state index in [1.165, 1.54) is 16.4 Å². The van der Waals surface area contributed by atoms with Crippen LogP contribution in [0.3, 0.4) is 0 Å². The van der Waals surface area contributed by atoms with Crippen LogP contribution in [-0.2, 0) is 14.8 Å². The number of hydrogen-bond donors (Lipinski definition) is 0. The molecule has 0 radical (unpaired) electrons. The summed E-state index contributed by atoms with van der Waals surface area (Å²) in [5.41, 5.74) is 1.06. The van der Waals surface area contributed by atoms with Crippen LogP contribution in [0.25, 0.3) is 0 Å². The van der Waals surface area contributed by atoms with Gasteiger partial charge in [-0.3, -0.25) is 4.79 Å². The first-order valence-electron chi connectivity index (χ1n) is 8.89. The van der Waals surface area contributed by atoms with Gasteiger partial charge in [0.2, 0.25) is 10.0 Å². The Morgan fingerprint density at radius 3 is 2.39 bits per heavy atom. The topological polar surface area (TPSA) is 90.7 Å². The van der Waals surface area contributed by atoms with E-state index < -0.39 is 10.0 Å². The molecule has 1 aliphatic rings. The van der Waals surface area contributed by atoms with E-state index in [0.29, 0.717) is 5.75 Å². The molecule has 7 nitrogen and oxygen atoms in total. The molecule has 0 unspecified atom stereocenters. The van der Waals surface area contributed by atoms with Crippen LogP contribution < -0.4 is 4.74 Å². The number of nitriles is 1. The second-order valence-corrected chi connectivity index (χ2v) is 8.35. The predicted octanol–water partition coefficient (Wildman–Crippen LogP) is 1.78. The Balaban J connectivity index is 1.60. The lowest BCUT2D eigenvalue weighted by atomic mass is 10.2. The number of aryl methyl sites for hydroxylation is 1. The Bertz CT molecular complexity index is 1010. The fraction of sp³-hybridized carbons (Fsp3) is 0.300. The molecule has 1 heterocycles. The molecule has 0 atom stereocenters. The van der Waals surface area contributed by atoms with Gasteiger partial charge < -0.3 is 9.64 Å². The average molecular weight is 399 g/mol. The quantitative estimate of drug-likeness (QED) is 0.764. The number of hydrogen-bond acceptors (Lipinski definition) is 5. The smallest absolute Gasteiger partial charge is 0.260 e. The SMILES string of the molecule is Cc1ccccc1OCC(=O)N1CCN(S(=O)(=O)c2ccccc2C#N)CC1. The summed E-state index contributed by atoms with van der Waals surface area (Å²) >= 11 is 0. The zero-order valence-corrected chi connectivity index (χ0v) is 16.4. The first kappa shape index (κ1) is 19.9. The van der Waals surface area contributed by atoms with Gasteiger partial charge in [-0.25, -0.2) is 8.42 Å². The normalized spacial score (nSPS) is 15.1. The second-order valence-electron chi connectivity index (χ2n) is 6.45. The van der Waals surface area contributed by atoms with Crippen molar-refractivity contribution < 1.29 is 17.9 Å². The summed E-state index contributed by atoms with van der Waals surface area (Å²) in [7, 11) is -3.77. The number of para-hydroxylation sites is 1. The van der Waals surface area contributed by atoms with Crippen LogP contribution in [0.1, 0.15) is 11.1 Å². The highest BCUT2D eigenvalue weighted by atomic mass is 32.2. The molecule has 2 aromatic carbocycles. The van der Waals surface area contributed by atoms with E-state index >= 15 is 0 Å². The Morgan fingerprint density at radius 1 is 1.07 bits per heavy atom. The van der Waals surface area contributed by atoms with Crippen LogP contribution in [-0.4, -0.2) is 56.3 Å². The Labute approximate surface area is 164 Å². The molecule has 0 aromatic heterocycles. The number of rotatable bonds is 5. The van der Waals surface area contributed by atoms with Gasteiger partial charge in [-0.2, -0.15) is 9.57 Å². The number of benzene rings is 2. The van der Waals surface area contributed by atoms with Gasteiger partial charge in [0.15, 0.2) is 6.61 Å². The molecule has 0 N–H and O–H groups in total. The van der Waals surface area contributed by atoms with Gasteiger partial charge in [-0.1, -0.05) is 30.3 Å². The van der Waals surface area contributed by atoms with Crippen LogP contribution in [0.15, 0.2) is 53.4 Å². The third-order valence-corrected chi connectivity index (χ3v) is 6.62. The van der Waals surface area contributed by atoms with Crippen LogP contribution in [0, 0.1) is 18.3 Å².